The molecule has 0 spiro atoms. The van der Waals surface area contributed by atoms with E-state index in [1.165, 1.54) is 19.2 Å². The fourth-order valence-corrected chi connectivity index (χ4v) is 8.78. The smallest absolute Gasteiger partial charge is 0.319 e. The minimum atomic E-state index is -0.711. The van der Waals surface area contributed by atoms with Crippen LogP contribution >= 0.6 is 0 Å². The zero-order valence-corrected chi connectivity index (χ0v) is 26.5. The van der Waals surface area contributed by atoms with Gasteiger partial charge in [-0.05, 0) is 86.7 Å². The molecule has 0 amide bonds. The number of phenolic OH excluding ortho intramolecular Hbond substituents is 1. The summed E-state index contributed by atoms with van der Waals surface area (Å²) in [5.41, 5.74) is 0.607. The quantitative estimate of drug-likeness (QED) is 0.263. The van der Waals surface area contributed by atoms with Gasteiger partial charge in [-0.2, -0.15) is 9.97 Å². The molecule has 2 aromatic carbocycles. The molecule has 3 aliphatic heterocycles. The number of nitrogens with zero attached hydrogens (tertiary/aromatic N) is 5. The monoisotopic (exact) mass is 631 g/mol. The fourth-order valence-electron chi connectivity index (χ4n) is 8.78. The molecule has 8 rings (SSSR count). The Labute approximate surface area is 266 Å². The van der Waals surface area contributed by atoms with Gasteiger partial charge in [0.25, 0.3) is 0 Å². The summed E-state index contributed by atoms with van der Waals surface area (Å²) in [5.74, 6) is -0.546. The van der Waals surface area contributed by atoms with E-state index in [0.717, 1.165) is 45.1 Å². The minimum absolute atomic E-state index is 0.00672. The van der Waals surface area contributed by atoms with Crippen molar-refractivity contribution in [2.45, 2.75) is 70.1 Å². The summed E-state index contributed by atoms with van der Waals surface area (Å²) < 4.78 is 50.3. The number of likely N-dealkylation sites (tertiary alicyclic amines) is 1. The number of phenols is 1. The molecule has 1 saturated carbocycles. The molecule has 4 aromatic rings. The van der Waals surface area contributed by atoms with Crippen molar-refractivity contribution in [2.24, 2.45) is 5.41 Å². The van der Waals surface area contributed by atoms with Gasteiger partial charge in [0.1, 0.15) is 34.0 Å². The number of hydrogen-bond acceptors (Lipinski definition) is 9. The molecule has 11 heteroatoms. The van der Waals surface area contributed by atoms with Gasteiger partial charge in [0.2, 0.25) is 5.88 Å². The molecule has 1 N–H and O–H groups in total. The Morgan fingerprint density at radius 3 is 2.72 bits per heavy atom. The summed E-state index contributed by atoms with van der Waals surface area (Å²) in [6, 6.07) is 6.54. The Hall–Kier alpha value is -3.83. The van der Waals surface area contributed by atoms with Crippen LogP contribution in [0.4, 0.5) is 14.6 Å². The standard InChI is InChI=1S/C35H39F2N5O4/c1-4-23-25(36)9-8-19-13-21(43)15-24(27(19)23)30-29(37)31-28(33(38-30)44-3)32(42-16-22-14-20(42)17-45-22)40-34(39-31)46-18-35-10-5-7-26(35)41(2)12-6-11-35/h8-9,13,15,20,22,26,43H,4-7,10-12,14,16-18H2,1-3H3. The average Bonchev–Trinajstić information content (AvgIpc) is 3.81. The SMILES string of the molecule is CCc1c(F)ccc2cc(O)cc(-c3nc(OC)c4c(N5CC6CC5CO6)nc(OCC56CCCC5N(C)CCC6)nc4c3F)c12. The number of benzene rings is 2. The molecule has 9 nitrogen and oxygen atoms in total. The zero-order valence-electron chi connectivity index (χ0n) is 26.5. The van der Waals surface area contributed by atoms with Gasteiger partial charge in [0, 0.05) is 23.6 Å². The van der Waals surface area contributed by atoms with Crippen molar-refractivity contribution in [3.8, 4) is 28.9 Å². The molecule has 0 radical (unpaired) electrons. The second-order valence-corrected chi connectivity index (χ2v) is 13.4. The van der Waals surface area contributed by atoms with Crippen LogP contribution in [0.5, 0.6) is 17.6 Å². The number of aryl methyl sites for hydroxylation is 1. The Kier molecular flexibility index (Phi) is 7.17. The van der Waals surface area contributed by atoms with Gasteiger partial charge in [-0.15, -0.1) is 0 Å². The number of pyridine rings is 1. The van der Waals surface area contributed by atoms with Crippen molar-refractivity contribution in [2.75, 3.05) is 45.4 Å². The second-order valence-electron chi connectivity index (χ2n) is 13.4. The van der Waals surface area contributed by atoms with Gasteiger partial charge < -0.3 is 29.1 Å². The van der Waals surface area contributed by atoms with E-state index in [1.54, 1.807) is 12.1 Å². The van der Waals surface area contributed by atoms with Gasteiger partial charge in [-0.3, -0.25) is 0 Å². The van der Waals surface area contributed by atoms with Crippen LogP contribution in [-0.4, -0.2) is 83.6 Å². The molecular weight excluding hydrogens is 592 g/mol. The summed E-state index contributed by atoms with van der Waals surface area (Å²) >= 11 is 0. The first-order chi connectivity index (χ1) is 22.3. The van der Waals surface area contributed by atoms with Gasteiger partial charge >= 0.3 is 6.01 Å². The van der Waals surface area contributed by atoms with E-state index in [1.807, 2.05) is 6.92 Å². The van der Waals surface area contributed by atoms with Crippen LogP contribution in [0.3, 0.4) is 0 Å². The first-order valence-electron chi connectivity index (χ1n) is 16.4. The van der Waals surface area contributed by atoms with Crippen molar-refractivity contribution in [3.63, 3.8) is 0 Å². The largest absolute Gasteiger partial charge is 0.508 e. The number of piperidine rings is 1. The van der Waals surface area contributed by atoms with Crippen molar-refractivity contribution in [1.82, 2.24) is 19.9 Å². The fraction of sp³-hybridized carbons (Fsp3) is 0.514. The predicted molar refractivity (Wildman–Crippen MR) is 171 cm³/mol. The number of aromatic nitrogens is 3. The van der Waals surface area contributed by atoms with E-state index in [0.29, 0.717) is 59.8 Å². The second kappa shape index (κ2) is 11.2. The highest BCUT2D eigenvalue weighted by Gasteiger charge is 2.48. The maximum absolute atomic E-state index is 17.1. The molecule has 1 aliphatic carbocycles. The summed E-state index contributed by atoms with van der Waals surface area (Å²) in [7, 11) is 3.67. The maximum Gasteiger partial charge on any atom is 0.319 e. The number of morpholine rings is 1. The lowest BCUT2D eigenvalue weighted by atomic mass is 9.76. The summed E-state index contributed by atoms with van der Waals surface area (Å²) in [6.45, 7) is 4.54. The van der Waals surface area contributed by atoms with E-state index in [4.69, 9.17) is 24.2 Å². The maximum atomic E-state index is 17.1. The Morgan fingerprint density at radius 1 is 1.11 bits per heavy atom. The number of aromatic hydroxyl groups is 1. The highest BCUT2D eigenvalue weighted by Crippen LogP contribution is 2.48. The van der Waals surface area contributed by atoms with Crippen LogP contribution in [0.1, 0.15) is 51.0 Å². The van der Waals surface area contributed by atoms with E-state index in [2.05, 4.69) is 21.8 Å². The van der Waals surface area contributed by atoms with Crippen LogP contribution in [0.2, 0.25) is 0 Å². The number of ether oxygens (including phenoxy) is 3. The lowest BCUT2D eigenvalue weighted by Gasteiger charge is -2.44. The molecule has 242 valence electrons. The first-order valence-corrected chi connectivity index (χ1v) is 16.4. The van der Waals surface area contributed by atoms with Gasteiger partial charge in [0.05, 0.1) is 32.5 Å². The average molecular weight is 632 g/mol. The molecule has 4 fully saturated rings. The molecule has 4 unspecified atom stereocenters. The summed E-state index contributed by atoms with van der Waals surface area (Å²) in [4.78, 5) is 18.9. The predicted octanol–water partition coefficient (Wildman–Crippen LogP) is 6.02. The number of hydrogen-bond donors (Lipinski definition) is 1. The molecule has 46 heavy (non-hydrogen) atoms. The number of rotatable bonds is 7. The minimum Gasteiger partial charge on any atom is -0.508 e. The van der Waals surface area contributed by atoms with E-state index >= 15 is 8.78 Å². The van der Waals surface area contributed by atoms with Crippen LogP contribution < -0.4 is 14.4 Å². The Balaban J connectivity index is 1.32. The molecular formula is C35H39F2N5O4. The highest BCUT2D eigenvalue weighted by molar-refractivity contribution is 6.03. The molecule has 2 bridgehead atoms. The van der Waals surface area contributed by atoms with Gasteiger partial charge in [-0.25, -0.2) is 13.8 Å². The van der Waals surface area contributed by atoms with Crippen LogP contribution in [0.15, 0.2) is 24.3 Å². The van der Waals surface area contributed by atoms with Crippen LogP contribution in [-0.2, 0) is 11.2 Å². The lowest BCUT2D eigenvalue weighted by Crippen LogP contribution is -2.50. The van der Waals surface area contributed by atoms with Crippen molar-refractivity contribution in [3.05, 3.63) is 41.5 Å². The van der Waals surface area contributed by atoms with Crippen molar-refractivity contribution in [1.29, 1.82) is 0 Å². The number of anilines is 1. The van der Waals surface area contributed by atoms with Crippen molar-refractivity contribution >= 4 is 27.5 Å². The molecule has 5 heterocycles. The third-order valence-corrected chi connectivity index (χ3v) is 10.9. The number of methoxy groups -OCH3 is 1. The van der Waals surface area contributed by atoms with E-state index in [9.17, 15) is 5.11 Å². The lowest BCUT2D eigenvalue weighted by molar-refractivity contribution is 0.0133. The normalized spacial score (nSPS) is 25.9. The van der Waals surface area contributed by atoms with Gasteiger partial charge in [0.15, 0.2) is 5.82 Å². The molecule has 4 aliphatic rings. The third-order valence-electron chi connectivity index (χ3n) is 10.9. The Morgan fingerprint density at radius 2 is 1.96 bits per heavy atom. The van der Waals surface area contributed by atoms with Crippen LogP contribution in [0, 0.1) is 17.0 Å². The topological polar surface area (TPSA) is 93.1 Å². The first kappa shape index (κ1) is 29.6. The zero-order chi connectivity index (χ0) is 31.7. The summed E-state index contributed by atoms with van der Waals surface area (Å²) in [5, 5.41) is 12.1. The van der Waals surface area contributed by atoms with E-state index < -0.39 is 11.6 Å². The van der Waals surface area contributed by atoms with Gasteiger partial charge in [-0.1, -0.05) is 19.4 Å². The van der Waals surface area contributed by atoms with Crippen LogP contribution in [0.25, 0.3) is 32.9 Å². The molecule has 4 atom stereocenters. The highest BCUT2D eigenvalue weighted by atomic mass is 19.1. The molecule has 2 aromatic heterocycles. The molecule has 3 saturated heterocycles. The summed E-state index contributed by atoms with van der Waals surface area (Å²) in [6.07, 6.45) is 6.85. The van der Waals surface area contributed by atoms with E-state index in [-0.39, 0.29) is 52.0 Å². The van der Waals surface area contributed by atoms with Crippen molar-refractivity contribution < 1.29 is 28.1 Å². The Bertz CT molecular complexity index is 1860. The number of fused-ring (bicyclic) bond motifs is 5. The number of halogens is 2. The third kappa shape index (κ3) is 4.57.